The van der Waals surface area contributed by atoms with Crippen LogP contribution in [-0.2, 0) is 4.79 Å². The van der Waals surface area contributed by atoms with Gasteiger partial charge in [0.25, 0.3) is 0 Å². The van der Waals surface area contributed by atoms with Gasteiger partial charge in [-0.15, -0.1) is 0 Å². The molecule has 4 heteroatoms. The van der Waals surface area contributed by atoms with Crippen LogP contribution in [0, 0.1) is 16.7 Å². The van der Waals surface area contributed by atoms with E-state index in [0.29, 0.717) is 0 Å². The van der Waals surface area contributed by atoms with Gasteiger partial charge in [0.15, 0.2) is 5.78 Å². The molecular weight excluding hydrogens is 240 g/mol. The molecule has 19 heavy (non-hydrogen) atoms. The molecule has 1 rings (SSSR count). The molecule has 0 aliphatic rings. The van der Waals surface area contributed by atoms with E-state index in [-0.39, 0.29) is 11.4 Å². The zero-order chi connectivity index (χ0) is 14.5. The van der Waals surface area contributed by atoms with Crippen molar-refractivity contribution in [3.8, 4) is 11.8 Å². The number of Topliss-reactive ketones (excluding diaryl/α,β-unsaturated/α-hetero) is 1. The smallest absolute Gasteiger partial charge is 0.180 e. The Morgan fingerprint density at radius 1 is 1.32 bits per heavy atom. The van der Waals surface area contributed by atoms with Gasteiger partial charge < -0.3 is 10.1 Å². The number of hydrogen-bond donors (Lipinski definition) is 1. The number of carbonyl (C=O) groups excluding carboxylic acids is 1. The fraction of sp³-hybridized carbons (Fsp3) is 0.333. The van der Waals surface area contributed by atoms with Crippen molar-refractivity contribution in [2.24, 2.45) is 5.41 Å². The normalized spacial score (nSPS) is 11.6. The highest BCUT2D eigenvalue weighted by molar-refractivity contribution is 6.02. The minimum Gasteiger partial charge on any atom is -0.497 e. The molecule has 0 saturated heterocycles. The third-order valence-corrected chi connectivity index (χ3v) is 2.52. The maximum Gasteiger partial charge on any atom is 0.180 e. The SMILES string of the molecule is COc1ccc(N/C=C(/C#N)C(=O)C(C)(C)C)cc1. The van der Waals surface area contributed by atoms with Crippen molar-refractivity contribution in [1.29, 1.82) is 5.26 Å². The lowest BCUT2D eigenvalue weighted by Gasteiger charge is -2.15. The molecule has 1 aromatic carbocycles. The molecule has 100 valence electrons. The predicted octanol–water partition coefficient (Wildman–Crippen LogP) is 3.13. The first-order valence-electron chi connectivity index (χ1n) is 5.94. The van der Waals surface area contributed by atoms with Gasteiger partial charge in [0.2, 0.25) is 0 Å². The minimum atomic E-state index is -0.566. The standard InChI is InChI=1S/C15H18N2O2/c1-15(2,3)14(18)11(9-16)10-17-12-5-7-13(19-4)8-6-12/h5-8,10,17H,1-4H3/b11-10-. The predicted molar refractivity (Wildman–Crippen MR) is 74.8 cm³/mol. The number of allylic oxidation sites excluding steroid dienone is 1. The van der Waals surface area contributed by atoms with Crippen molar-refractivity contribution in [3.63, 3.8) is 0 Å². The van der Waals surface area contributed by atoms with Crippen LogP contribution in [0.5, 0.6) is 5.75 Å². The summed E-state index contributed by atoms with van der Waals surface area (Å²) in [6.07, 6.45) is 1.44. The molecule has 0 aliphatic heterocycles. The van der Waals surface area contributed by atoms with Crippen LogP contribution in [0.15, 0.2) is 36.0 Å². The molecule has 0 bridgehead atoms. The van der Waals surface area contributed by atoms with Crippen molar-refractivity contribution < 1.29 is 9.53 Å². The van der Waals surface area contributed by atoms with Crippen LogP contribution in [0.4, 0.5) is 5.69 Å². The molecule has 0 aromatic heterocycles. The summed E-state index contributed by atoms with van der Waals surface area (Å²) >= 11 is 0. The Kier molecular flexibility index (Phi) is 4.71. The molecule has 0 atom stereocenters. The van der Waals surface area contributed by atoms with Crippen molar-refractivity contribution in [2.45, 2.75) is 20.8 Å². The molecule has 0 unspecified atom stereocenters. The molecule has 1 aromatic rings. The molecule has 0 saturated carbocycles. The number of rotatable bonds is 4. The molecular formula is C15H18N2O2. The van der Waals surface area contributed by atoms with Crippen LogP contribution in [0.25, 0.3) is 0 Å². The van der Waals surface area contributed by atoms with Gasteiger partial charge in [-0.3, -0.25) is 4.79 Å². The summed E-state index contributed by atoms with van der Waals surface area (Å²) < 4.78 is 5.05. The summed E-state index contributed by atoms with van der Waals surface area (Å²) in [5, 5.41) is 12.0. The van der Waals surface area contributed by atoms with E-state index in [4.69, 9.17) is 10.00 Å². The number of nitrogens with zero attached hydrogens (tertiary/aromatic N) is 1. The summed E-state index contributed by atoms with van der Waals surface area (Å²) in [6.45, 7) is 5.36. The van der Waals surface area contributed by atoms with Crippen molar-refractivity contribution >= 4 is 11.5 Å². The largest absolute Gasteiger partial charge is 0.497 e. The molecule has 0 heterocycles. The van der Waals surface area contributed by atoms with E-state index in [0.717, 1.165) is 11.4 Å². The van der Waals surface area contributed by atoms with E-state index in [1.165, 1.54) is 6.20 Å². The van der Waals surface area contributed by atoms with Gasteiger partial charge in [-0.25, -0.2) is 0 Å². The summed E-state index contributed by atoms with van der Waals surface area (Å²) in [5.74, 6) is 0.566. The van der Waals surface area contributed by atoms with Crippen LogP contribution < -0.4 is 10.1 Å². The van der Waals surface area contributed by atoms with Crippen LogP contribution in [-0.4, -0.2) is 12.9 Å². The van der Waals surface area contributed by atoms with Crippen LogP contribution in [0.1, 0.15) is 20.8 Å². The molecule has 0 spiro atoms. The Hall–Kier alpha value is -2.28. The summed E-state index contributed by atoms with van der Waals surface area (Å²) in [5.41, 5.74) is 0.335. The van der Waals surface area contributed by atoms with Gasteiger partial charge in [-0.05, 0) is 24.3 Å². The number of anilines is 1. The zero-order valence-corrected chi connectivity index (χ0v) is 11.7. The van der Waals surface area contributed by atoms with Crippen molar-refractivity contribution in [3.05, 3.63) is 36.0 Å². The molecule has 1 N–H and O–H groups in total. The number of ketones is 1. The molecule has 4 nitrogen and oxygen atoms in total. The number of benzene rings is 1. The number of carbonyl (C=O) groups is 1. The molecule has 0 amide bonds. The average molecular weight is 258 g/mol. The highest BCUT2D eigenvalue weighted by Crippen LogP contribution is 2.20. The fourth-order valence-corrected chi connectivity index (χ4v) is 1.40. The first-order valence-corrected chi connectivity index (χ1v) is 5.94. The lowest BCUT2D eigenvalue weighted by atomic mass is 9.87. The van der Waals surface area contributed by atoms with E-state index >= 15 is 0 Å². The minimum absolute atomic E-state index is 0.114. The third-order valence-electron chi connectivity index (χ3n) is 2.52. The number of hydrogen-bond acceptors (Lipinski definition) is 4. The molecule has 0 radical (unpaired) electrons. The fourth-order valence-electron chi connectivity index (χ4n) is 1.40. The first-order chi connectivity index (χ1) is 8.88. The Morgan fingerprint density at radius 3 is 2.32 bits per heavy atom. The van der Waals surface area contributed by atoms with Crippen LogP contribution in [0.3, 0.4) is 0 Å². The Bertz CT molecular complexity index is 517. The van der Waals surface area contributed by atoms with Crippen LogP contribution >= 0.6 is 0 Å². The van der Waals surface area contributed by atoms with E-state index in [1.54, 1.807) is 40.0 Å². The van der Waals surface area contributed by atoms with E-state index < -0.39 is 5.41 Å². The molecule has 0 aliphatic carbocycles. The van der Waals surface area contributed by atoms with Gasteiger partial charge >= 0.3 is 0 Å². The van der Waals surface area contributed by atoms with Gasteiger partial charge in [-0.2, -0.15) is 5.26 Å². The lowest BCUT2D eigenvalue weighted by Crippen LogP contribution is -2.22. The van der Waals surface area contributed by atoms with E-state index in [2.05, 4.69) is 5.32 Å². The second-order valence-electron chi connectivity index (χ2n) is 5.12. The van der Waals surface area contributed by atoms with Crippen LogP contribution in [0.2, 0.25) is 0 Å². The topological polar surface area (TPSA) is 62.1 Å². The highest BCUT2D eigenvalue weighted by Gasteiger charge is 2.24. The maximum absolute atomic E-state index is 12.0. The third kappa shape index (κ3) is 4.14. The number of nitriles is 1. The Balaban J connectivity index is 2.83. The Labute approximate surface area is 113 Å². The number of methoxy groups -OCH3 is 1. The average Bonchev–Trinajstić information content (AvgIpc) is 2.39. The second-order valence-corrected chi connectivity index (χ2v) is 5.12. The summed E-state index contributed by atoms with van der Waals surface area (Å²) in [4.78, 5) is 12.0. The van der Waals surface area contributed by atoms with Gasteiger partial charge in [-0.1, -0.05) is 20.8 Å². The highest BCUT2D eigenvalue weighted by atomic mass is 16.5. The van der Waals surface area contributed by atoms with E-state index in [9.17, 15) is 4.79 Å². The molecule has 0 fully saturated rings. The zero-order valence-electron chi connectivity index (χ0n) is 11.7. The van der Waals surface area contributed by atoms with E-state index in [1.807, 2.05) is 18.2 Å². The van der Waals surface area contributed by atoms with Gasteiger partial charge in [0, 0.05) is 17.3 Å². The summed E-state index contributed by atoms with van der Waals surface area (Å²) in [7, 11) is 1.60. The van der Waals surface area contributed by atoms with Crippen molar-refractivity contribution in [2.75, 3.05) is 12.4 Å². The second kappa shape index (κ2) is 6.05. The Morgan fingerprint density at radius 2 is 1.89 bits per heavy atom. The first kappa shape index (κ1) is 14.8. The summed E-state index contributed by atoms with van der Waals surface area (Å²) in [6, 6.07) is 9.15. The lowest BCUT2D eigenvalue weighted by molar-refractivity contribution is -0.122. The maximum atomic E-state index is 12.0. The number of nitrogens with one attached hydrogen (secondary N) is 1. The van der Waals surface area contributed by atoms with Crippen molar-refractivity contribution in [1.82, 2.24) is 0 Å². The monoisotopic (exact) mass is 258 g/mol. The quantitative estimate of drug-likeness (QED) is 0.665. The van der Waals surface area contributed by atoms with Gasteiger partial charge in [0.05, 0.1) is 7.11 Å². The number of ether oxygens (including phenoxy) is 1. The van der Waals surface area contributed by atoms with Gasteiger partial charge in [0.1, 0.15) is 17.4 Å².